The van der Waals surface area contributed by atoms with Crippen molar-refractivity contribution in [3.8, 4) is 6.07 Å². The molecule has 142 valence electrons. The van der Waals surface area contributed by atoms with Crippen LogP contribution in [0.4, 0.5) is 0 Å². The molecule has 0 radical (unpaired) electrons. The summed E-state index contributed by atoms with van der Waals surface area (Å²) in [7, 11) is 0. The number of para-hydroxylation sites is 1. The van der Waals surface area contributed by atoms with Gasteiger partial charge in [-0.15, -0.1) is 0 Å². The predicted molar refractivity (Wildman–Crippen MR) is 107 cm³/mol. The molecule has 0 aliphatic rings. The molecule has 0 saturated heterocycles. The number of hydrogen-bond acceptors (Lipinski definition) is 3. The first kappa shape index (κ1) is 19.2. The Morgan fingerprint density at radius 2 is 1.82 bits per heavy atom. The summed E-state index contributed by atoms with van der Waals surface area (Å²) in [4.78, 5) is 27.7. The Hall–Kier alpha value is -3.59. The number of amides is 2. The molecule has 2 atom stereocenters. The van der Waals surface area contributed by atoms with Gasteiger partial charge in [0.1, 0.15) is 6.04 Å². The van der Waals surface area contributed by atoms with Crippen LogP contribution in [-0.4, -0.2) is 22.8 Å². The molecule has 28 heavy (non-hydrogen) atoms. The van der Waals surface area contributed by atoms with Crippen molar-refractivity contribution in [3.63, 3.8) is 0 Å². The fourth-order valence-corrected chi connectivity index (χ4v) is 3.22. The largest absolute Gasteiger partial charge is 0.361 e. The number of fused-ring (bicyclic) bond motifs is 1. The molecule has 1 aromatic heterocycles. The Bertz CT molecular complexity index is 1030. The van der Waals surface area contributed by atoms with E-state index in [9.17, 15) is 9.59 Å². The lowest BCUT2D eigenvalue weighted by molar-refractivity contribution is -0.128. The summed E-state index contributed by atoms with van der Waals surface area (Å²) in [6.45, 7) is 3.27. The van der Waals surface area contributed by atoms with Crippen LogP contribution in [0.25, 0.3) is 10.9 Å². The molecule has 1 heterocycles. The van der Waals surface area contributed by atoms with Gasteiger partial charge in [-0.25, -0.2) is 0 Å². The van der Waals surface area contributed by atoms with E-state index < -0.39 is 6.04 Å². The molecular formula is C22H22N4O2. The Morgan fingerprint density at radius 3 is 2.50 bits per heavy atom. The number of nitriles is 1. The normalized spacial score (nSPS) is 12.8. The van der Waals surface area contributed by atoms with Crippen LogP contribution >= 0.6 is 0 Å². The number of rotatable bonds is 6. The van der Waals surface area contributed by atoms with Gasteiger partial charge < -0.3 is 15.6 Å². The summed E-state index contributed by atoms with van der Waals surface area (Å²) in [5, 5.41) is 15.6. The van der Waals surface area contributed by atoms with Crippen molar-refractivity contribution in [1.29, 1.82) is 5.26 Å². The highest BCUT2D eigenvalue weighted by atomic mass is 16.2. The molecule has 0 saturated carbocycles. The molecule has 3 rings (SSSR count). The topological polar surface area (TPSA) is 97.8 Å². The first-order valence-electron chi connectivity index (χ1n) is 9.10. The van der Waals surface area contributed by atoms with Crippen LogP contribution in [0.15, 0.2) is 54.7 Å². The molecule has 0 aliphatic heterocycles. The van der Waals surface area contributed by atoms with Gasteiger partial charge in [-0.1, -0.05) is 30.3 Å². The van der Waals surface area contributed by atoms with Crippen LogP contribution in [-0.2, 0) is 16.0 Å². The molecular weight excluding hydrogens is 352 g/mol. The van der Waals surface area contributed by atoms with Crippen molar-refractivity contribution in [3.05, 3.63) is 71.4 Å². The maximum Gasteiger partial charge on any atom is 0.243 e. The average Bonchev–Trinajstić information content (AvgIpc) is 3.10. The van der Waals surface area contributed by atoms with Gasteiger partial charge in [0.05, 0.1) is 17.7 Å². The van der Waals surface area contributed by atoms with E-state index in [1.165, 1.54) is 6.92 Å². The summed E-state index contributed by atoms with van der Waals surface area (Å²) in [5.41, 5.74) is 3.42. The first-order valence-corrected chi connectivity index (χ1v) is 9.10. The van der Waals surface area contributed by atoms with E-state index in [2.05, 4.69) is 21.7 Å². The smallest absolute Gasteiger partial charge is 0.243 e. The van der Waals surface area contributed by atoms with Crippen molar-refractivity contribution >= 4 is 22.7 Å². The van der Waals surface area contributed by atoms with Crippen LogP contribution in [0.3, 0.4) is 0 Å². The third-order valence-corrected chi connectivity index (χ3v) is 4.69. The molecule has 0 spiro atoms. The molecule has 0 fully saturated rings. The number of nitrogens with one attached hydrogen (secondary N) is 3. The van der Waals surface area contributed by atoms with Crippen molar-refractivity contribution in [2.45, 2.75) is 32.4 Å². The minimum absolute atomic E-state index is 0.250. The number of hydrogen-bond donors (Lipinski definition) is 3. The number of carbonyl (C=O) groups is 2. The number of nitrogens with zero attached hydrogens (tertiary/aromatic N) is 1. The van der Waals surface area contributed by atoms with Crippen LogP contribution in [0.2, 0.25) is 0 Å². The lowest BCUT2D eigenvalue weighted by Gasteiger charge is -2.21. The minimum atomic E-state index is -0.683. The predicted octanol–water partition coefficient (Wildman–Crippen LogP) is 2.96. The van der Waals surface area contributed by atoms with Gasteiger partial charge in [0, 0.05) is 30.4 Å². The summed E-state index contributed by atoms with van der Waals surface area (Å²) in [6, 6.07) is 16.1. The molecule has 6 heteroatoms. The van der Waals surface area contributed by atoms with Gasteiger partial charge in [-0.05, 0) is 36.2 Å². The second kappa shape index (κ2) is 8.40. The zero-order valence-electron chi connectivity index (χ0n) is 15.8. The van der Waals surface area contributed by atoms with Crippen LogP contribution in [0.5, 0.6) is 0 Å². The summed E-state index contributed by atoms with van der Waals surface area (Å²) in [6.07, 6.45) is 2.26. The third kappa shape index (κ3) is 4.38. The maximum atomic E-state index is 12.9. The highest BCUT2D eigenvalue weighted by Gasteiger charge is 2.23. The zero-order valence-corrected chi connectivity index (χ0v) is 15.8. The Kier molecular flexibility index (Phi) is 5.75. The van der Waals surface area contributed by atoms with Gasteiger partial charge in [0.15, 0.2) is 0 Å². The SMILES string of the molecule is CC(=O)NC(Cc1c[nH]c2ccccc12)C(=O)NC(C)c1ccc(C#N)cc1. The van der Waals surface area contributed by atoms with E-state index in [0.29, 0.717) is 12.0 Å². The quantitative estimate of drug-likeness (QED) is 0.619. The maximum absolute atomic E-state index is 12.9. The van der Waals surface area contributed by atoms with E-state index in [-0.39, 0.29) is 17.9 Å². The van der Waals surface area contributed by atoms with E-state index in [0.717, 1.165) is 22.0 Å². The van der Waals surface area contributed by atoms with E-state index in [1.54, 1.807) is 12.1 Å². The Labute approximate surface area is 163 Å². The molecule has 0 aliphatic carbocycles. The third-order valence-electron chi connectivity index (χ3n) is 4.69. The summed E-state index contributed by atoms with van der Waals surface area (Å²) < 4.78 is 0. The molecule has 3 N–H and O–H groups in total. The molecule has 2 aromatic carbocycles. The van der Waals surface area contributed by atoms with Crippen LogP contribution in [0, 0.1) is 11.3 Å². The lowest BCUT2D eigenvalue weighted by Crippen LogP contribution is -2.47. The number of carbonyl (C=O) groups excluding carboxylic acids is 2. The van der Waals surface area contributed by atoms with Crippen molar-refractivity contribution in [2.24, 2.45) is 0 Å². The van der Waals surface area contributed by atoms with Crippen LogP contribution < -0.4 is 10.6 Å². The molecule has 2 amide bonds. The highest BCUT2D eigenvalue weighted by Crippen LogP contribution is 2.20. The fourth-order valence-electron chi connectivity index (χ4n) is 3.22. The van der Waals surface area contributed by atoms with Crippen LogP contribution in [0.1, 0.15) is 36.6 Å². The molecule has 6 nitrogen and oxygen atoms in total. The zero-order chi connectivity index (χ0) is 20.1. The van der Waals surface area contributed by atoms with Gasteiger partial charge >= 0.3 is 0 Å². The van der Waals surface area contributed by atoms with Gasteiger partial charge in [-0.2, -0.15) is 5.26 Å². The number of H-pyrrole nitrogens is 1. The van der Waals surface area contributed by atoms with Gasteiger partial charge in [0.2, 0.25) is 11.8 Å². The highest BCUT2D eigenvalue weighted by molar-refractivity contribution is 5.89. The monoisotopic (exact) mass is 374 g/mol. The first-order chi connectivity index (χ1) is 13.5. The lowest BCUT2D eigenvalue weighted by atomic mass is 10.0. The Morgan fingerprint density at radius 1 is 1.11 bits per heavy atom. The standard InChI is InChI=1S/C22H22N4O2/c1-14(17-9-7-16(12-23)8-10-17)25-22(28)21(26-15(2)27)11-18-13-24-20-6-4-3-5-19(18)20/h3-10,13-14,21,24H,11H2,1-2H3,(H,25,28)(H,26,27). The minimum Gasteiger partial charge on any atom is -0.361 e. The number of aromatic amines is 1. The van der Waals surface area contributed by atoms with E-state index in [1.807, 2.05) is 49.5 Å². The Balaban J connectivity index is 1.75. The van der Waals surface area contributed by atoms with Gasteiger partial charge in [0.25, 0.3) is 0 Å². The average molecular weight is 374 g/mol. The van der Waals surface area contributed by atoms with Crippen molar-refractivity contribution < 1.29 is 9.59 Å². The second-order valence-corrected chi connectivity index (χ2v) is 6.78. The van der Waals surface area contributed by atoms with Crippen molar-refractivity contribution in [1.82, 2.24) is 15.6 Å². The number of benzene rings is 2. The van der Waals surface area contributed by atoms with Crippen molar-refractivity contribution in [2.75, 3.05) is 0 Å². The van der Waals surface area contributed by atoms with Gasteiger partial charge in [-0.3, -0.25) is 9.59 Å². The van der Waals surface area contributed by atoms with E-state index in [4.69, 9.17) is 5.26 Å². The summed E-state index contributed by atoms with van der Waals surface area (Å²) in [5.74, 6) is -0.511. The fraction of sp³-hybridized carbons (Fsp3) is 0.227. The molecule has 2 unspecified atom stereocenters. The number of aromatic nitrogens is 1. The molecule has 3 aromatic rings. The second-order valence-electron chi connectivity index (χ2n) is 6.78. The molecule has 0 bridgehead atoms. The van der Waals surface area contributed by atoms with E-state index >= 15 is 0 Å². The summed E-state index contributed by atoms with van der Waals surface area (Å²) >= 11 is 0.